The molecule has 5 heteroatoms. The van der Waals surface area contributed by atoms with Crippen LogP contribution in [0.25, 0.3) is 0 Å². The number of hydrogen-bond donors (Lipinski definition) is 1. The number of aromatic nitrogens is 1. The number of benzene rings is 1. The fourth-order valence-electron chi connectivity index (χ4n) is 2.21. The molecule has 0 saturated carbocycles. The van der Waals surface area contributed by atoms with Crippen molar-refractivity contribution in [3.63, 3.8) is 0 Å². The Morgan fingerprint density at radius 2 is 1.60 bits per heavy atom. The van der Waals surface area contributed by atoms with Crippen LogP contribution in [0.2, 0.25) is 0 Å². The number of aliphatic hydroxyl groups excluding tert-OH is 1. The maximum Gasteiger partial charge on any atom is 0.263 e. The summed E-state index contributed by atoms with van der Waals surface area (Å²) in [5, 5.41) is 8.99. The molecule has 100 valence electrons. The van der Waals surface area contributed by atoms with Crippen molar-refractivity contribution in [2.45, 2.75) is 13.2 Å². The summed E-state index contributed by atoms with van der Waals surface area (Å²) < 4.78 is 0. The van der Waals surface area contributed by atoms with Crippen LogP contribution in [-0.2, 0) is 13.2 Å². The van der Waals surface area contributed by atoms with Gasteiger partial charge in [0.2, 0.25) is 0 Å². The van der Waals surface area contributed by atoms with Crippen molar-refractivity contribution >= 4 is 11.8 Å². The maximum absolute atomic E-state index is 12.2. The van der Waals surface area contributed by atoms with E-state index in [9.17, 15) is 9.59 Å². The van der Waals surface area contributed by atoms with E-state index in [1.54, 1.807) is 30.3 Å². The van der Waals surface area contributed by atoms with Gasteiger partial charge in [-0.05, 0) is 17.2 Å². The normalized spacial score (nSPS) is 13.8. The standard InChI is InChI=1S/C15H12N2O3/c18-9-11-3-1-10(2-4-11)8-17-14(19)12-5-6-16-7-13(12)15(17)20/h1-7,18H,8-9H2. The lowest BCUT2D eigenvalue weighted by Crippen LogP contribution is -2.29. The van der Waals surface area contributed by atoms with Crippen LogP contribution in [0.4, 0.5) is 0 Å². The second kappa shape index (κ2) is 4.86. The quantitative estimate of drug-likeness (QED) is 0.853. The van der Waals surface area contributed by atoms with Gasteiger partial charge in [0.05, 0.1) is 24.3 Å². The monoisotopic (exact) mass is 268 g/mol. The molecule has 3 rings (SSSR count). The van der Waals surface area contributed by atoms with Gasteiger partial charge < -0.3 is 5.11 Å². The van der Waals surface area contributed by atoms with E-state index in [0.717, 1.165) is 11.1 Å². The number of pyridine rings is 1. The summed E-state index contributed by atoms with van der Waals surface area (Å²) >= 11 is 0. The molecule has 2 amide bonds. The number of imide groups is 1. The molecule has 0 fully saturated rings. The molecule has 0 unspecified atom stereocenters. The van der Waals surface area contributed by atoms with Crippen LogP contribution in [-0.4, -0.2) is 26.8 Å². The molecule has 0 radical (unpaired) electrons. The van der Waals surface area contributed by atoms with Crippen molar-refractivity contribution in [3.8, 4) is 0 Å². The minimum Gasteiger partial charge on any atom is -0.392 e. The Bertz CT molecular complexity index is 645. The highest BCUT2D eigenvalue weighted by Crippen LogP contribution is 2.23. The van der Waals surface area contributed by atoms with Gasteiger partial charge in [-0.3, -0.25) is 19.5 Å². The highest BCUT2D eigenvalue weighted by atomic mass is 16.3. The summed E-state index contributed by atoms with van der Waals surface area (Å²) in [6.45, 7) is 0.191. The zero-order chi connectivity index (χ0) is 14.1. The first-order chi connectivity index (χ1) is 9.70. The molecule has 1 N–H and O–H groups in total. The van der Waals surface area contributed by atoms with E-state index >= 15 is 0 Å². The first kappa shape index (κ1) is 12.5. The zero-order valence-corrected chi connectivity index (χ0v) is 10.6. The molecule has 0 atom stereocenters. The summed E-state index contributed by atoms with van der Waals surface area (Å²) in [4.78, 5) is 29.4. The third-order valence-corrected chi connectivity index (χ3v) is 3.32. The minimum absolute atomic E-state index is 0.0288. The molecule has 2 heterocycles. The van der Waals surface area contributed by atoms with Crippen LogP contribution in [0.15, 0.2) is 42.7 Å². The first-order valence-corrected chi connectivity index (χ1v) is 6.19. The molecule has 20 heavy (non-hydrogen) atoms. The Morgan fingerprint density at radius 1 is 0.950 bits per heavy atom. The van der Waals surface area contributed by atoms with E-state index in [1.165, 1.54) is 17.3 Å². The topological polar surface area (TPSA) is 70.5 Å². The fourth-order valence-corrected chi connectivity index (χ4v) is 2.21. The predicted octanol–water partition coefficient (Wildman–Crippen LogP) is 1.37. The van der Waals surface area contributed by atoms with Gasteiger partial charge >= 0.3 is 0 Å². The van der Waals surface area contributed by atoms with Gasteiger partial charge in [-0.25, -0.2) is 0 Å². The number of rotatable bonds is 3. The Balaban J connectivity index is 1.85. The number of amides is 2. The third kappa shape index (κ3) is 1.98. The van der Waals surface area contributed by atoms with Crippen molar-refractivity contribution in [2.75, 3.05) is 0 Å². The average Bonchev–Trinajstić information content (AvgIpc) is 2.74. The minimum atomic E-state index is -0.315. The maximum atomic E-state index is 12.2. The molecule has 5 nitrogen and oxygen atoms in total. The van der Waals surface area contributed by atoms with Crippen molar-refractivity contribution in [2.24, 2.45) is 0 Å². The summed E-state index contributed by atoms with van der Waals surface area (Å²) in [5.74, 6) is -0.608. The van der Waals surface area contributed by atoms with Crippen molar-refractivity contribution in [1.29, 1.82) is 0 Å². The third-order valence-electron chi connectivity index (χ3n) is 3.32. The van der Waals surface area contributed by atoms with Gasteiger partial charge in [-0.15, -0.1) is 0 Å². The Labute approximate surface area is 115 Å². The lowest BCUT2D eigenvalue weighted by atomic mass is 10.1. The highest BCUT2D eigenvalue weighted by molar-refractivity contribution is 6.21. The molecule has 0 bridgehead atoms. The Hall–Kier alpha value is -2.53. The zero-order valence-electron chi connectivity index (χ0n) is 10.6. The number of nitrogens with zero attached hydrogens (tertiary/aromatic N) is 2. The lowest BCUT2D eigenvalue weighted by Gasteiger charge is -2.13. The van der Waals surface area contributed by atoms with Gasteiger partial charge in [0, 0.05) is 12.4 Å². The lowest BCUT2D eigenvalue weighted by molar-refractivity contribution is 0.0642. The molecule has 1 aliphatic heterocycles. The number of aliphatic hydroxyl groups is 1. The van der Waals surface area contributed by atoms with Crippen LogP contribution < -0.4 is 0 Å². The van der Waals surface area contributed by atoms with E-state index in [0.29, 0.717) is 11.1 Å². The van der Waals surface area contributed by atoms with E-state index in [4.69, 9.17) is 5.11 Å². The van der Waals surface area contributed by atoms with Crippen molar-refractivity contribution in [1.82, 2.24) is 9.88 Å². The van der Waals surface area contributed by atoms with Crippen LogP contribution >= 0.6 is 0 Å². The van der Waals surface area contributed by atoms with Crippen LogP contribution in [0.5, 0.6) is 0 Å². The number of hydrogen-bond acceptors (Lipinski definition) is 4. The fraction of sp³-hybridized carbons (Fsp3) is 0.133. The largest absolute Gasteiger partial charge is 0.392 e. The molecule has 2 aromatic rings. The predicted molar refractivity (Wildman–Crippen MR) is 70.8 cm³/mol. The number of fused-ring (bicyclic) bond motifs is 1. The second-order valence-electron chi connectivity index (χ2n) is 4.59. The molecule has 0 aliphatic carbocycles. The Kier molecular flexibility index (Phi) is 3.04. The van der Waals surface area contributed by atoms with E-state index in [-0.39, 0.29) is 25.0 Å². The Morgan fingerprint density at radius 3 is 2.25 bits per heavy atom. The molecule has 1 aromatic heterocycles. The van der Waals surface area contributed by atoms with E-state index in [1.807, 2.05) is 0 Å². The SMILES string of the molecule is O=C1c2ccncc2C(=O)N1Cc1ccc(CO)cc1. The molecule has 0 spiro atoms. The van der Waals surface area contributed by atoms with Crippen LogP contribution in [0.1, 0.15) is 31.8 Å². The molecule has 1 aromatic carbocycles. The number of carbonyl (C=O) groups excluding carboxylic acids is 2. The molecular weight excluding hydrogens is 256 g/mol. The van der Waals surface area contributed by atoms with Gasteiger partial charge in [0.1, 0.15) is 0 Å². The van der Waals surface area contributed by atoms with E-state index in [2.05, 4.69) is 4.98 Å². The highest BCUT2D eigenvalue weighted by Gasteiger charge is 2.35. The smallest absolute Gasteiger partial charge is 0.263 e. The summed E-state index contributed by atoms with van der Waals surface area (Å²) in [5.41, 5.74) is 2.38. The molecule has 1 aliphatic rings. The van der Waals surface area contributed by atoms with Crippen LogP contribution in [0.3, 0.4) is 0 Å². The molecular formula is C15H12N2O3. The summed E-state index contributed by atoms with van der Waals surface area (Å²) in [6.07, 6.45) is 2.92. The summed E-state index contributed by atoms with van der Waals surface area (Å²) in [6, 6.07) is 8.70. The van der Waals surface area contributed by atoms with Gasteiger partial charge in [-0.1, -0.05) is 24.3 Å². The van der Waals surface area contributed by atoms with Gasteiger partial charge in [-0.2, -0.15) is 0 Å². The molecule has 0 saturated heterocycles. The van der Waals surface area contributed by atoms with Gasteiger partial charge in [0.25, 0.3) is 11.8 Å². The first-order valence-electron chi connectivity index (χ1n) is 6.19. The number of carbonyl (C=O) groups is 2. The van der Waals surface area contributed by atoms with Gasteiger partial charge in [0.15, 0.2) is 0 Å². The van der Waals surface area contributed by atoms with Crippen molar-refractivity contribution in [3.05, 3.63) is 65.0 Å². The second-order valence-corrected chi connectivity index (χ2v) is 4.59. The van der Waals surface area contributed by atoms with Crippen LogP contribution in [0, 0.1) is 0 Å². The average molecular weight is 268 g/mol. The van der Waals surface area contributed by atoms with E-state index < -0.39 is 0 Å². The van der Waals surface area contributed by atoms with Crippen molar-refractivity contribution < 1.29 is 14.7 Å². The summed E-state index contributed by atoms with van der Waals surface area (Å²) in [7, 11) is 0.